The SMILES string of the molecule is COC(=O)c1cc(-c2c(Cl)cccc2Cl)on1. The number of aromatic nitrogens is 1. The number of rotatable bonds is 2. The molecule has 0 aliphatic rings. The van der Waals surface area contributed by atoms with Crippen molar-refractivity contribution in [2.45, 2.75) is 0 Å². The number of esters is 1. The molecule has 1 heterocycles. The van der Waals surface area contributed by atoms with Gasteiger partial charge in [0.1, 0.15) is 0 Å². The van der Waals surface area contributed by atoms with E-state index < -0.39 is 5.97 Å². The van der Waals surface area contributed by atoms with Crippen LogP contribution in [0.4, 0.5) is 0 Å². The van der Waals surface area contributed by atoms with Gasteiger partial charge in [0.2, 0.25) is 0 Å². The summed E-state index contributed by atoms with van der Waals surface area (Å²) in [7, 11) is 1.26. The molecule has 0 fully saturated rings. The Morgan fingerprint density at radius 1 is 1.35 bits per heavy atom. The first-order valence-electron chi connectivity index (χ1n) is 4.63. The molecule has 2 rings (SSSR count). The van der Waals surface area contributed by atoms with Gasteiger partial charge in [-0.25, -0.2) is 4.79 Å². The van der Waals surface area contributed by atoms with Gasteiger partial charge in [0.05, 0.1) is 22.7 Å². The van der Waals surface area contributed by atoms with Gasteiger partial charge >= 0.3 is 5.97 Å². The molecule has 6 heteroatoms. The topological polar surface area (TPSA) is 52.3 Å². The Morgan fingerprint density at radius 3 is 2.59 bits per heavy atom. The number of ether oxygens (including phenoxy) is 1. The van der Waals surface area contributed by atoms with Crippen molar-refractivity contribution in [2.24, 2.45) is 0 Å². The molecule has 4 nitrogen and oxygen atoms in total. The summed E-state index contributed by atoms with van der Waals surface area (Å²) >= 11 is 12.0. The van der Waals surface area contributed by atoms with E-state index in [0.717, 1.165) is 0 Å². The molecule has 0 radical (unpaired) electrons. The quantitative estimate of drug-likeness (QED) is 0.786. The van der Waals surface area contributed by atoms with Gasteiger partial charge in [-0.1, -0.05) is 34.4 Å². The number of hydrogen-bond donors (Lipinski definition) is 0. The van der Waals surface area contributed by atoms with E-state index in [4.69, 9.17) is 27.7 Å². The Labute approximate surface area is 107 Å². The van der Waals surface area contributed by atoms with Crippen LogP contribution in [0.3, 0.4) is 0 Å². The summed E-state index contributed by atoms with van der Waals surface area (Å²) in [6, 6.07) is 6.48. The number of hydrogen-bond acceptors (Lipinski definition) is 4. The first kappa shape index (κ1) is 12.0. The predicted octanol–water partition coefficient (Wildman–Crippen LogP) is 3.44. The van der Waals surface area contributed by atoms with E-state index in [0.29, 0.717) is 21.4 Å². The van der Waals surface area contributed by atoms with Gasteiger partial charge in [-0.2, -0.15) is 0 Å². The minimum atomic E-state index is -0.580. The van der Waals surface area contributed by atoms with E-state index in [9.17, 15) is 4.79 Å². The van der Waals surface area contributed by atoms with Gasteiger partial charge in [0.15, 0.2) is 11.5 Å². The van der Waals surface area contributed by atoms with Gasteiger partial charge < -0.3 is 9.26 Å². The molecule has 0 aliphatic carbocycles. The molecule has 1 aromatic carbocycles. The number of carbonyl (C=O) groups is 1. The second kappa shape index (κ2) is 4.77. The molecule has 0 saturated heterocycles. The first-order chi connectivity index (χ1) is 8.13. The molecule has 2 aromatic rings. The molecular weight excluding hydrogens is 265 g/mol. The smallest absolute Gasteiger partial charge is 0.360 e. The largest absolute Gasteiger partial charge is 0.464 e. The van der Waals surface area contributed by atoms with E-state index in [2.05, 4.69) is 9.89 Å². The lowest BCUT2D eigenvalue weighted by atomic mass is 10.1. The summed E-state index contributed by atoms with van der Waals surface area (Å²) < 4.78 is 9.53. The molecule has 0 aliphatic heterocycles. The number of carbonyl (C=O) groups excluding carboxylic acids is 1. The van der Waals surface area contributed by atoms with Crippen LogP contribution in [0.2, 0.25) is 10.0 Å². The Hall–Kier alpha value is -1.52. The monoisotopic (exact) mass is 271 g/mol. The van der Waals surface area contributed by atoms with Crippen LogP contribution in [0.25, 0.3) is 11.3 Å². The fourth-order valence-electron chi connectivity index (χ4n) is 1.33. The predicted molar refractivity (Wildman–Crippen MR) is 63.3 cm³/mol. The van der Waals surface area contributed by atoms with Gasteiger partial charge in [-0.3, -0.25) is 0 Å². The van der Waals surface area contributed by atoms with Crippen molar-refractivity contribution in [3.8, 4) is 11.3 Å². The van der Waals surface area contributed by atoms with Gasteiger partial charge in [-0.05, 0) is 12.1 Å². The van der Waals surface area contributed by atoms with Crippen molar-refractivity contribution in [3.63, 3.8) is 0 Å². The highest BCUT2D eigenvalue weighted by molar-refractivity contribution is 6.39. The fourth-order valence-corrected chi connectivity index (χ4v) is 1.91. The third kappa shape index (κ3) is 2.28. The van der Waals surface area contributed by atoms with E-state index in [-0.39, 0.29) is 5.69 Å². The van der Waals surface area contributed by atoms with Crippen LogP contribution in [-0.4, -0.2) is 18.2 Å². The normalized spacial score (nSPS) is 10.3. The highest BCUT2D eigenvalue weighted by atomic mass is 35.5. The molecule has 0 atom stereocenters. The molecule has 88 valence electrons. The molecule has 0 spiro atoms. The minimum absolute atomic E-state index is 0.0680. The summed E-state index contributed by atoms with van der Waals surface area (Å²) in [6.07, 6.45) is 0. The first-order valence-corrected chi connectivity index (χ1v) is 5.38. The molecule has 0 unspecified atom stereocenters. The Morgan fingerprint density at radius 2 is 2.00 bits per heavy atom. The van der Waals surface area contributed by atoms with Crippen molar-refractivity contribution in [3.05, 3.63) is 40.0 Å². The standard InChI is InChI=1S/C11H7Cl2NO3/c1-16-11(15)8-5-9(17-14-8)10-6(12)3-2-4-7(10)13/h2-5H,1H3. The molecule has 0 bridgehead atoms. The van der Waals surface area contributed by atoms with Crippen LogP contribution in [0.1, 0.15) is 10.5 Å². The maximum Gasteiger partial charge on any atom is 0.360 e. The van der Waals surface area contributed by atoms with Crippen molar-refractivity contribution < 1.29 is 14.1 Å². The Bertz CT molecular complexity index is 545. The van der Waals surface area contributed by atoms with Gasteiger partial charge in [-0.15, -0.1) is 0 Å². The van der Waals surface area contributed by atoms with Crippen molar-refractivity contribution in [2.75, 3.05) is 7.11 Å². The number of nitrogens with zero attached hydrogens (tertiary/aromatic N) is 1. The van der Waals surface area contributed by atoms with Crippen molar-refractivity contribution in [1.29, 1.82) is 0 Å². The zero-order valence-electron chi connectivity index (χ0n) is 8.74. The average Bonchev–Trinajstić information content (AvgIpc) is 2.77. The third-order valence-corrected chi connectivity index (χ3v) is 2.74. The lowest BCUT2D eigenvalue weighted by Crippen LogP contribution is -2.00. The zero-order chi connectivity index (χ0) is 12.4. The minimum Gasteiger partial charge on any atom is -0.464 e. The molecule has 0 amide bonds. The highest BCUT2D eigenvalue weighted by Crippen LogP contribution is 2.34. The zero-order valence-corrected chi connectivity index (χ0v) is 10.2. The molecular formula is C11H7Cl2NO3. The summed E-state index contributed by atoms with van der Waals surface area (Å²) in [5, 5.41) is 4.42. The Kier molecular flexibility index (Phi) is 3.36. The van der Waals surface area contributed by atoms with Crippen LogP contribution in [-0.2, 0) is 4.74 Å². The molecule has 0 saturated carbocycles. The van der Waals surface area contributed by atoms with Crippen molar-refractivity contribution >= 4 is 29.2 Å². The van der Waals surface area contributed by atoms with Gasteiger partial charge in [0.25, 0.3) is 0 Å². The second-order valence-electron chi connectivity index (χ2n) is 3.16. The van der Waals surface area contributed by atoms with E-state index in [1.807, 2.05) is 0 Å². The number of benzene rings is 1. The van der Waals surface area contributed by atoms with Crippen LogP contribution >= 0.6 is 23.2 Å². The third-order valence-electron chi connectivity index (χ3n) is 2.11. The van der Waals surface area contributed by atoms with Crippen LogP contribution in [0.15, 0.2) is 28.8 Å². The lowest BCUT2D eigenvalue weighted by molar-refractivity contribution is 0.0589. The summed E-state index contributed by atoms with van der Waals surface area (Å²) in [5.41, 5.74) is 0.567. The average molecular weight is 272 g/mol. The van der Waals surface area contributed by atoms with E-state index >= 15 is 0 Å². The van der Waals surface area contributed by atoms with Crippen molar-refractivity contribution in [1.82, 2.24) is 5.16 Å². The highest BCUT2D eigenvalue weighted by Gasteiger charge is 2.17. The Balaban J connectivity index is 2.47. The number of methoxy groups -OCH3 is 1. The maximum atomic E-state index is 11.2. The number of halogens is 2. The van der Waals surface area contributed by atoms with Crippen LogP contribution in [0.5, 0.6) is 0 Å². The fraction of sp³-hybridized carbons (Fsp3) is 0.0909. The second-order valence-corrected chi connectivity index (χ2v) is 3.98. The molecule has 17 heavy (non-hydrogen) atoms. The summed E-state index contributed by atoms with van der Waals surface area (Å²) in [5.74, 6) is -0.260. The van der Waals surface area contributed by atoms with Crippen LogP contribution in [0, 0.1) is 0 Å². The van der Waals surface area contributed by atoms with Crippen LogP contribution < -0.4 is 0 Å². The molecule has 0 N–H and O–H groups in total. The molecule has 1 aromatic heterocycles. The maximum absolute atomic E-state index is 11.2. The lowest BCUT2D eigenvalue weighted by Gasteiger charge is -2.01. The van der Waals surface area contributed by atoms with E-state index in [1.165, 1.54) is 13.2 Å². The summed E-state index contributed by atoms with van der Waals surface area (Å²) in [4.78, 5) is 11.2. The van der Waals surface area contributed by atoms with Gasteiger partial charge in [0, 0.05) is 6.07 Å². The van der Waals surface area contributed by atoms with E-state index in [1.54, 1.807) is 18.2 Å². The summed E-state index contributed by atoms with van der Waals surface area (Å²) in [6.45, 7) is 0.